The minimum atomic E-state index is -1.93. The maximum atomic E-state index is 7.23. The van der Waals surface area contributed by atoms with Crippen LogP contribution in [0.15, 0.2) is 97.1 Å². The number of benzene rings is 5. The largest absolute Gasteiger partial charge is 1.00 e. The number of fused-ring (bicyclic) bond motifs is 8. The van der Waals surface area contributed by atoms with Gasteiger partial charge in [-0.3, -0.25) is 9.05 Å². The van der Waals surface area contributed by atoms with E-state index in [1.165, 1.54) is 71.2 Å². The van der Waals surface area contributed by atoms with Crippen molar-refractivity contribution in [2.45, 2.75) is 77.3 Å². The fourth-order valence-corrected chi connectivity index (χ4v) is 9.21. The zero-order chi connectivity index (χ0) is 28.5. The van der Waals surface area contributed by atoms with E-state index in [9.17, 15) is 0 Å². The number of hydrogen-bond donors (Lipinski definition) is 0. The Morgan fingerprint density at radius 2 is 1.23 bits per heavy atom. The molecular weight excluding hydrogens is 597 g/mol. The van der Waals surface area contributed by atoms with Crippen LogP contribution in [0.25, 0.3) is 32.7 Å². The van der Waals surface area contributed by atoms with E-state index in [1.54, 1.807) is 0 Å². The van der Waals surface area contributed by atoms with Gasteiger partial charge in [-0.15, -0.1) is 4.67 Å². The van der Waals surface area contributed by atoms with Gasteiger partial charge >= 0.3 is 25.6 Å². The van der Waals surface area contributed by atoms with Crippen LogP contribution in [-0.4, -0.2) is 10.7 Å². The van der Waals surface area contributed by atoms with Gasteiger partial charge in [-0.25, -0.2) is 0 Å². The molecule has 0 saturated carbocycles. The predicted molar refractivity (Wildman–Crippen MR) is 179 cm³/mol. The summed E-state index contributed by atoms with van der Waals surface area (Å²) in [4.78, 5) is 0. The molecule has 1 atom stereocenters. The molecule has 5 aromatic carbocycles. The first kappa shape index (κ1) is 30.2. The average molecular weight is 638 g/mol. The van der Waals surface area contributed by atoms with Gasteiger partial charge in [-0.05, 0) is 70.5 Å². The molecule has 5 aromatic rings. The molecule has 7 rings (SSSR count). The monoisotopic (exact) mass is 637 g/mol. The van der Waals surface area contributed by atoms with Gasteiger partial charge < -0.3 is 0 Å². The summed E-state index contributed by atoms with van der Waals surface area (Å²) >= 11 is 0. The van der Waals surface area contributed by atoms with Gasteiger partial charge in [0, 0.05) is 11.1 Å². The van der Waals surface area contributed by atoms with Crippen molar-refractivity contribution >= 4 is 30.1 Å². The van der Waals surface area contributed by atoms with E-state index in [2.05, 4.69) is 116 Å². The molecule has 0 fully saturated rings. The van der Waals surface area contributed by atoms with Crippen LogP contribution in [0.2, 0.25) is 0 Å². The molecule has 1 aliphatic carbocycles. The molecule has 5 heteroatoms. The molecule has 0 unspecified atom stereocenters. The van der Waals surface area contributed by atoms with Gasteiger partial charge in [0.05, 0.1) is 12.1 Å². The van der Waals surface area contributed by atoms with Gasteiger partial charge in [-0.2, -0.15) is 0 Å². The van der Waals surface area contributed by atoms with Crippen LogP contribution in [0.1, 0.15) is 76.0 Å². The van der Waals surface area contributed by atoms with Crippen molar-refractivity contribution in [3.63, 3.8) is 0 Å². The third-order valence-corrected chi connectivity index (χ3v) is 11.1. The number of hydrogen-bond acceptors (Lipinski definition) is 3. The third-order valence-electron chi connectivity index (χ3n) is 9.25. The van der Waals surface area contributed by atoms with E-state index in [0.717, 1.165) is 35.5 Å². The van der Waals surface area contributed by atoms with Crippen LogP contribution in [0.4, 0.5) is 0 Å². The molecule has 3 nitrogen and oxygen atoms in total. The Hall–Kier alpha value is -2.87. The standard InChI is InChI=1S/C38H40NO2P.Cu/c1-3-5-16-30(17-6-4-2)39(34-24-21-27-13-7-10-18-31(27)34)42-40-35-25-22-28-14-8-11-19-32(28)37(35)38-33-20-12-9-15-29(33)23-26-36(38)41-42;/h7-15,18-20,22-23,25-26,30,34H,3-6,16-17,21,24H2,1-2H3;/q;+1/p+1/t34-;/m1./s1. The zero-order valence-corrected chi connectivity index (χ0v) is 27.1. The fraction of sp³-hybridized carbons (Fsp3) is 0.316. The Morgan fingerprint density at radius 3 is 1.81 bits per heavy atom. The van der Waals surface area contributed by atoms with Crippen molar-refractivity contribution in [2.24, 2.45) is 0 Å². The van der Waals surface area contributed by atoms with Crippen LogP contribution in [0.5, 0.6) is 11.5 Å². The molecule has 1 heterocycles. The molecule has 0 radical (unpaired) electrons. The van der Waals surface area contributed by atoms with Gasteiger partial charge in [0.15, 0.2) is 11.5 Å². The number of aryl methyl sites for hydroxylation is 1. The molecule has 0 aromatic heterocycles. The summed E-state index contributed by atoms with van der Waals surface area (Å²) in [5, 5.41) is 4.87. The second kappa shape index (κ2) is 13.4. The van der Waals surface area contributed by atoms with E-state index in [0.29, 0.717) is 12.1 Å². The fourth-order valence-electron chi connectivity index (χ4n) is 7.16. The smallest absolute Gasteiger partial charge is 0.292 e. The van der Waals surface area contributed by atoms with E-state index >= 15 is 0 Å². The molecule has 0 saturated heterocycles. The minimum absolute atomic E-state index is 0. The molecule has 0 spiro atoms. The zero-order valence-electron chi connectivity index (χ0n) is 25.1. The van der Waals surface area contributed by atoms with Gasteiger partial charge in [0.2, 0.25) is 0 Å². The predicted octanol–water partition coefficient (Wildman–Crippen LogP) is 11.1. The summed E-state index contributed by atoms with van der Waals surface area (Å²) in [7, 11) is -1.93. The summed E-state index contributed by atoms with van der Waals surface area (Å²) in [6.45, 7) is 4.61. The maximum Gasteiger partial charge on any atom is 1.00 e. The van der Waals surface area contributed by atoms with Crippen LogP contribution >= 0.6 is 8.53 Å². The van der Waals surface area contributed by atoms with Crippen molar-refractivity contribution in [2.75, 3.05) is 0 Å². The molecule has 2 aliphatic rings. The molecule has 0 amide bonds. The Labute approximate surface area is 268 Å². The van der Waals surface area contributed by atoms with E-state index in [1.807, 2.05) is 0 Å². The second-order valence-corrected chi connectivity index (χ2v) is 13.3. The van der Waals surface area contributed by atoms with Crippen LogP contribution in [0, 0.1) is 0 Å². The van der Waals surface area contributed by atoms with Crippen LogP contribution in [0.3, 0.4) is 0 Å². The number of nitrogens with zero attached hydrogens (tertiary/aromatic N) is 1. The Kier molecular flexibility index (Phi) is 9.41. The van der Waals surface area contributed by atoms with E-state index < -0.39 is 8.53 Å². The average Bonchev–Trinajstić information content (AvgIpc) is 3.37. The Bertz CT molecular complexity index is 1630. The van der Waals surface area contributed by atoms with Crippen molar-refractivity contribution < 1.29 is 26.1 Å². The van der Waals surface area contributed by atoms with E-state index in [-0.39, 0.29) is 17.1 Å². The summed E-state index contributed by atoms with van der Waals surface area (Å²) in [5.41, 5.74) is 5.25. The topological polar surface area (TPSA) is 21.7 Å². The summed E-state index contributed by atoms with van der Waals surface area (Å²) in [6.07, 6.45) is 9.41. The Balaban J connectivity index is 0.00000329. The first-order chi connectivity index (χ1) is 20.8. The van der Waals surface area contributed by atoms with Gasteiger partial charge in [0.25, 0.3) is 0 Å². The number of rotatable bonds is 9. The maximum absolute atomic E-state index is 7.23. The van der Waals surface area contributed by atoms with Gasteiger partial charge in [-0.1, -0.05) is 124 Å². The van der Waals surface area contributed by atoms with Crippen molar-refractivity contribution in [3.8, 4) is 22.6 Å². The third kappa shape index (κ3) is 5.72. The summed E-state index contributed by atoms with van der Waals surface area (Å²) in [5.74, 6) is 1.89. The molecule has 224 valence electrons. The molecule has 43 heavy (non-hydrogen) atoms. The summed E-state index contributed by atoms with van der Waals surface area (Å²) in [6, 6.07) is 36.0. The van der Waals surface area contributed by atoms with Crippen LogP contribution in [-0.2, 0) is 23.5 Å². The molecule has 0 N–H and O–H groups in total. The molecule has 0 bridgehead atoms. The van der Waals surface area contributed by atoms with Crippen molar-refractivity contribution in [1.82, 2.24) is 4.67 Å². The van der Waals surface area contributed by atoms with E-state index in [4.69, 9.17) is 9.05 Å². The normalized spacial score (nSPS) is 15.9. The first-order valence-corrected chi connectivity index (χ1v) is 17.2. The quantitative estimate of drug-likeness (QED) is 0.119. The second-order valence-electron chi connectivity index (χ2n) is 11.9. The molecular formula is C38H41CuNO2P+2. The van der Waals surface area contributed by atoms with Crippen molar-refractivity contribution in [3.05, 3.63) is 108 Å². The van der Waals surface area contributed by atoms with Crippen molar-refractivity contribution in [1.29, 1.82) is 0 Å². The van der Waals surface area contributed by atoms with Gasteiger partial charge in [0.1, 0.15) is 0 Å². The minimum Gasteiger partial charge on any atom is -0.292 e. The SMILES string of the molecule is CCCCC(CCCC)N([C@@H]1CCc2ccccc21)[PH+]1Oc2ccc3ccccc3c2-c2c(ccc3ccccc23)O1.[Cu+]. The Morgan fingerprint density at radius 1 is 0.698 bits per heavy atom. The van der Waals surface area contributed by atoms with Crippen LogP contribution < -0.4 is 9.05 Å². The molecule has 1 aliphatic heterocycles. The number of unbranched alkanes of at least 4 members (excludes halogenated alkanes) is 2. The summed E-state index contributed by atoms with van der Waals surface area (Å²) < 4.78 is 17.2. The first-order valence-electron chi connectivity index (χ1n) is 15.9.